The number of aromatic amines is 1. The van der Waals surface area contributed by atoms with Crippen LogP contribution in [0.1, 0.15) is 11.1 Å². The number of hydrogen-bond acceptors (Lipinski definition) is 3. The number of likely N-dealkylation sites (tertiary alicyclic amines) is 1. The SMILES string of the molecule is O=C(NCCc1c[nH]c2ccccc12)C1C2C(=O)N(CCc3ccccc3)C[C@@]23C=C[C@H]1O3. The Balaban J connectivity index is 1.11. The first-order valence-corrected chi connectivity index (χ1v) is 11.7. The van der Waals surface area contributed by atoms with Gasteiger partial charge in [0, 0.05) is 30.2 Å². The van der Waals surface area contributed by atoms with Crippen molar-refractivity contribution in [2.24, 2.45) is 11.8 Å². The molecule has 33 heavy (non-hydrogen) atoms. The Labute approximate surface area is 192 Å². The van der Waals surface area contributed by atoms with Crippen LogP contribution in [0, 0.1) is 11.8 Å². The second kappa shape index (κ2) is 7.89. The maximum absolute atomic E-state index is 13.3. The molecular weight excluding hydrogens is 414 g/mol. The maximum atomic E-state index is 13.3. The Morgan fingerprint density at radius 1 is 1.12 bits per heavy atom. The summed E-state index contributed by atoms with van der Waals surface area (Å²) in [5.41, 5.74) is 2.82. The van der Waals surface area contributed by atoms with Crippen molar-refractivity contribution in [3.8, 4) is 0 Å². The Morgan fingerprint density at radius 2 is 1.94 bits per heavy atom. The summed E-state index contributed by atoms with van der Waals surface area (Å²) in [5, 5.41) is 4.26. The molecule has 0 radical (unpaired) electrons. The topological polar surface area (TPSA) is 74.4 Å². The molecule has 0 saturated carbocycles. The van der Waals surface area contributed by atoms with Crippen LogP contribution in [0.4, 0.5) is 0 Å². The second-order valence-corrected chi connectivity index (χ2v) is 9.30. The molecule has 3 aliphatic rings. The molecule has 3 aromatic rings. The van der Waals surface area contributed by atoms with Crippen LogP contribution in [0.3, 0.4) is 0 Å². The summed E-state index contributed by atoms with van der Waals surface area (Å²) in [7, 11) is 0. The first kappa shape index (κ1) is 20.2. The van der Waals surface area contributed by atoms with E-state index >= 15 is 0 Å². The van der Waals surface area contributed by atoms with E-state index in [4.69, 9.17) is 4.74 Å². The first-order valence-electron chi connectivity index (χ1n) is 11.7. The lowest BCUT2D eigenvalue weighted by atomic mass is 9.77. The van der Waals surface area contributed by atoms with Gasteiger partial charge in [-0.05, 0) is 30.0 Å². The summed E-state index contributed by atoms with van der Waals surface area (Å²) in [5.74, 6) is -0.951. The molecule has 6 rings (SSSR count). The molecule has 1 aromatic heterocycles. The van der Waals surface area contributed by atoms with Crippen LogP contribution in [0.2, 0.25) is 0 Å². The molecule has 2 N–H and O–H groups in total. The van der Waals surface area contributed by atoms with Gasteiger partial charge in [0.15, 0.2) is 0 Å². The molecule has 1 spiro atoms. The predicted octanol–water partition coefficient (Wildman–Crippen LogP) is 2.85. The number of hydrogen-bond donors (Lipinski definition) is 2. The van der Waals surface area contributed by atoms with E-state index in [9.17, 15) is 9.59 Å². The van der Waals surface area contributed by atoms with E-state index in [1.54, 1.807) is 0 Å². The molecule has 2 unspecified atom stereocenters. The monoisotopic (exact) mass is 441 g/mol. The molecule has 2 fully saturated rings. The van der Waals surface area contributed by atoms with E-state index in [1.165, 1.54) is 16.5 Å². The van der Waals surface area contributed by atoms with Gasteiger partial charge in [0.05, 0.1) is 24.5 Å². The van der Waals surface area contributed by atoms with Crippen molar-refractivity contribution in [2.45, 2.75) is 24.5 Å². The summed E-state index contributed by atoms with van der Waals surface area (Å²) in [6.07, 6.45) is 7.19. The molecule has 4 atom stereocenters. The molecule has 6 heteroatoms. The lowest BCUT2D eigenvalue weighted by Crippen LogP contribution is -2.44. The number of nitrogens with zero attached hydrogens (tertiary/aromatic N) is 1. The van der Waals surface area contributed by atoms with E-state index < -0.39 is 17.4 Å². The molecule has 3 aliphatic heterocycles. The fourth-order valence-electron chi connectivity index (χ4n) is 5.75. The second-order valence-electron chi connectivity index (χ2n) is 9.30. The quantitative estimate of drug-likeness (QED) is 0.554. The Kier molecular flexibility index (Phi) is 4.84. The van der Waals surface area contributed by atoms with Gasteiger partial charge in [-0.25, -0.2) is 0 Å². The van der Waals surface area contributed by atoms with E-state index in [2.05, 4.69) is 28.5 Å². The average Bonchev–Trinajstić information content (AvgIpc) is 3.58. The van der Waals surface area contributed by atoms with Crippen LogP contribution < -0.4 is 5.32 Å². The van der Waals surface area contributed by atoms with Crippen molar-refractivity contribution in [2.75, 3.05) is 19.6 Å². The highest BCUT2D eigenvalue weighted by Crippen LogP contribution is 2.51. The summed E-state index contributed by atoms with van der Waals surface area (Å²) in [6, 6.07) is 18.3. The van der Waals surface area contributed by atoms with E-state index in [0.717, 1.165) is 18.4 Å². The number of ether oxygens (including phenoxy) is 1. The van der Waals surface area contributed by atoms with Crippen LogP contribution in [-0.2, 0) is 27.2 Å². The minimum Gasteiger partial charge on any atom is -0.361 e. The summed E-state index contributed by atoms with van der Waals surface area (Å²) in [4.78, 5) is 31.7. The number of amides is 2. The summed E-state index contributed by atoms with van der Waals surface area (Å²) in [6.45, 7) is 1.69. The molecule has 2 amide bonds. The van der Waals surface area contributed by atoms with Crippen molar-refractivity contribution in [1.82, 2.24) is 15.2 Å². The van der Waals surface area contributed by atoms with Gasteiger partial charge in [0.25, 0.3) is 0 Å². The molecule has 2 saturated heterocycles. The van der Waals surface area contributed by atoms with Crippen molar-refractivity contribution in [1.29, 1.82) is 0 Å². The first-order chi connectivity index (χ1) is 16.1. The fourth-order valence-corrected chi connectivity index (χ4v) is 5.75. The van der Waals surface area contributed by atoms with Gasteiger partial charge in [-0.1, -0.05) is 60.7 Å². The standard InChI is InChI=1S/C27H27N3O3/c31-25(28-14-11-19-16-29-21-9-5-4-8-20(19)21)23-22-10-13-27(33-22)17-30(26(32)24(23)27)15-12-18-6-2-1-3-7-18/h1-10,13,16,22-24,29H,11-12,14-15,17H2,(H,28,31)/t22-,23?,24?,27+/m1/s1. The molecular formula is C27H27N3O3. The van der Waals surface area contributed by atoms with Crippen LogP contribution >= 0.6 is 0 Å². The van der Waals surface area contributed by atoms with Crippen LogP contribution in [-0.4, -0.2) is 53.0 Å². The summed E-state index contributed by atoms with van der Waals surface area (Å²) < 4.78 is 6.24. The minimum atomic E-state index is -0.655. The number of H-pyrrole nitrogens is 1. The molecule has 4 heterocycles. The van der Waals surface area contributed by atoms with Gasteiger partial charge in [-0.3, -0.25) is 9.59 Å². The van der Waals surface area contributed by atoms with Crippen LogP contribution in [0.5, 0.6) is 0 Å². The number of para-hydroxylation sites is 1. The van der Waals surface area contributed by atoms with Gasteiger partial charge in [-0.15, -0.1) is 0 Å². The number of carbonyl (C=O) groups excluding carboxylic acids is 2. The third-order valence-corrected chi connectivity index (χ3v) is 7.36. The van der Waals surface area contributed by atoms with Crippen molar-refractivity contribution >= 4 is 22.7 Å². The maximum Gasteiger partial charge on any atom is 0.230 e. The van der Waals surface area contributed by atoms with Gasteiger partial charge in [0.2, 0.25) is 11.8 Å². The van der Waals surface area contributed by atoms with E-state index in [-0.39, 0.29) is 17.9 Å². The van der Waals surface area contributed by atoms with Crippen molar-refractivity contribution in [3.05, 3.63) is 84.1 Å². The molecule has 2 aromatic carbocycles. The fraction of sp³-hybridized carbons (Fsp3) is 0.333. The number of nitrogens with one attached hydrogen (secondary N) is 2. The number of aromatic nitrogens is 1. The van der Waals surface area contributed by atoms with Crippen LogP contribution in [0.15, 0.2) is 72.9 Å². The number of benzene rings is 2. The van der Waals surface area contributed by atoms with E-state index in [0.29, 0.717) is 19.6 Å². The molecule has 168 valence electrons. The highest BCUT2D eigenvalue weighted by atomic mass is 16.5. The number of carbonyl (C=O) groups is 2. The smallest absolute Gasteiger partial charge is 0.230 e. The lowest BCUT2D eigenvalue weighted by Gasteiger charge is -2.23. The Morgan fingerprint density at radius 3 is 2.82 bits per heavy atom. The highest BCUT2D eigenvalue weighted by Gasteiger charge is 2.66. The Hall–Kier alpha value is -3.38. The van der Waals surface area contributed by atoms with Gasteiger partial charge < -0.3 is 19.9 Å². The van der Waals surface area contributed by atoms with Gasteiger partial charge >= 0.3 is 0 Å². The minimum absolute atomic E-state index is 0.0366. The number of fused-ring (bicyclic) bond motifs is 2. The van der Waals surface area contributed by atoms with Crippen LogP contribution in [0.25, 0.3) is 10.9 Å². The normalized spacial score (nSPS) is 27.5. The molecule has 2 bridgehead atoms. The predicted molar refractivity (Wildman–Crippen MR) is 125 cm³/mol. The lowest BCUT2D eigenvalue weighted by molar-refractivity contribution is -0.137. The molecule has 0 aliphatic carbocycles. The largest absolute Gasteiger partial charge is 0.361 e. The average molecular weight is 442 g/mol. The third-order valence-electron chi connectivity index (χ3n) is 7.36. The number of rotatable bonds is 7. The summed E-state index contributed by atoms with van der Waals surface area (Å²) >= 11 is 0. The van der Waals surface area contributed by atoms with Crippen molar-refractivity contribution < 1.29 is 14.3 Å². The van der Waals surface area contributed by atoms with E-state index in [1.807, 2.05) is 59.6 Å². The van der Waals surface area contributed by atoms with Gasteiger partial charge in [0.1, 0.15) is 5.60 Å². The zero-order valence-electron chi connectivity index (χ0n) is 18.4. The molecule has 6 nitrogen and oxygen atoms in total. The van der Waals surface area contributed by atoms with Crippen molar-refractivity contribution in [3.63, 3.8) is 0 Å². The van der Waals surface area contributed by atoms with Gasteiger partial charge in [-0.2, -0.15) is 0 Å². The zero-order chi connectivity index (χ0) is 22.4. The zero-order valence-corrected chi connectivity index (χ0v) is 18.4. The third kappa shape index (κ3) is 3.37. The Bertz CT molecular complexity index is 1230. The highest BCUT2D eigenvalue weighted by molar-refractivity contribution is 5.93.